The van der Waals surface area contributed by atoms with Crippen LogP contribution in [0.25, 0.3) is 0 Å². The number of unbranched alkanes of at least 4 members (excludes halogenated alkanes) is 3. The zero-order valence-corrected chi connectivity index (χ0v) is 20.6. The van der Waals surface area contributed by atoms with Crippen LogP contribution in [0.3, 0.4) is 0 Å². The van der Waals surface area contributed by atoms with Gasteiger partial charge in [-0.3, -0.25) is 9.69 Å². The van der Waals surface area contributed by atoms with Gasteiger partial charge in [0.1, 0.15) is 11.4 Å². The number of fused-ring (bicyclic) bond motifs is 1. The van der Waals surface area contributed by atoms with E-state index < -0.39 is 0 Å². The average Bonchev–Trinajstić information content (AvgIpc) is 2.90. The standard InChI is InChI=1S/C29H34N2O4/c1-34-27-18-22-15-17-31(29(21-10-6-5-7-11-21)24(22)19-28(27)35-2)16-9-4-3-8-12-23-13-14-26(33)25(20-32)30-23/h5-7,10-11,13-14,18-20,29,33H,3-4,8-9,12,15-17H2,1-2H3. The summed E-state index contributed by atoms with van der Waals surface area (Å²) < 4.78 is 11.2. The number of rotatable bonds is 11. The molecule has 2 aromatic carbocycles. The van der Waals surface area contributed by atoms with Crippen molar-refractivity contribution in [1.82, 2.24) is 9.88 Å². The largest absolute Gasteiger partial charge is 0.506 e. The zero-order chi connectivity index (χ0) is 24.6. The van der Waals surface area contributed by atoms with Gasteiger partial charge in [-0.1, -0.05) is 43.2 Å². The molecule has 184 valence electrons. The van der Waals surface area contributed by atoms with Crippen LogP contribution in [0, 0.1) is 0 Å². The molecule has 2 heterocycles. The first-order chi connectivity index (χ1) is 17.1. The number of pyridine rings is 1. The molecular formula is C29H34N2O4. The molecule has 1 aliphatic heterocycles. The van der Waals surface area contributed by atoms with Crippen LogP contribution in [0.2, 0.25) is 0 Å². The molecule has 0 saturated heterocycles. The molecule has 0 bridgehead atoms. The maximum absolute atomic E-state index is 11.0. The van der Waals surface area contributed by atoms with Gasteiger partial charge in [-0.2, -0.15) is 0 Å². The van der Waals surface area contributed by atoms with E-state index in [0.29, 0.717) is 6.29 Å². The lowest BCUT2D eigenvalue weighted by Crippen LogP contribution is -2.36. The Labute approximate surface area is 207 Å². The van der Waals surface area contributed by atoms with Gasteiger partial charge in [0.05, 0.1) is 20.3 Å². The van der Waals surface area contributed by atoms with Crippen LogP contribution in [0.5, 0.6) is 17.2 Å². The zero-order valence-electron chi connectivity index (χ0n) is 20.6. The van der Waals surface area contributed by atoms with Crippen LogP contribution < -0.4 is 9.47 Å². The minimum Gasteiger partial charge on any atom is -0.506 e. The smallest absolute Gasteiger partial charge is 0.172 e. The van der Waals surface area contributed by atoms with E-state index in [9.17, 15) is 9.90 Å². The number of aromatic nitrogens is 1. The summed E-state index contributed by atoms with van der Waals surface area (Å²) in [6, 6.07) is 18.5. The van der Waals surface area contributed by atoms with Gasteiger partial charge in [0.25, 0.3) is 0 Å². The SMILES string of the molecule is COc1cc2c(cc1OC)C(c1ccccc1)N(CCCCCCc1ccc(O)c(C=O)n1)CC2. The van der Waals surface area contributed by atoms with Gasteiger partial charge < -0.3 is 14.6 Å². The Morgan fingerprint density at radius 3 is 2.49 bits per heavy atom. The van der Waals surface area contributed by atoms with Crippen molar-refractivity contribution in [3.05, 3.63) is 82.7 Å². The fourth-order valence-corrected chi connectivity index (χ4v) is 4.97. The molecular weight excluding hydrogens is 440 g/mol. The number of hydrogen-bond acceptors (Lipinski definition) is 6. The Morgan fingerprint density at radius 1 is 1.00 bits per heavy atom. The minimum absolute atomic E-state index is 0.0594. The van der Waals surface area contributed by atoms with E-state index in [1.807, 2.05) is 0 Å². The number of ether oxygens (including phenoxy) is 2. The topological polar surface area (TPSA) is 71.9 Å². The number of carbonyl (C=O) groups is 1. The summed E-state index contributed by atoms with van der Waals surface area (Å²) >= 11 is 0. The van der Waals surface area contributed by atoms with Gasteiger partial charge in [0.15, 0.2) is 17.8 Å². The summed E-state index contributed by atoms with van der Waals surface area (Å²) in [6.07, 6.45) is 6.77. The van der Waals surface area contributed by atoms with Crippen molar-refractivity contribution in [2.45, 2.75) is 44.6 Å². The van der Waals surface area contributed by atoms with Crippen LogP contribution in [0.15, 0.2) is 54.6 Å². The Balaban J connectivity index is 1.38. The number of benzene rings is 2. The van der Waals surface area contributed by atoms with Crippen LogP contribution in [0.4, 0.5) is 0 Å². The Kier molecular flexibility index (Phi) is 8.37. The molecule has 0 radical (unpaired) electrons. The fourth-order valence-electron chi connectivity index (χ4n) is 4.97. The van der Waals surface area contributed by atoms with Crippen molar-refractivity contribution in [2.75, 3.05) is 27.3 Å². The molecule has 1 N–H and O–H groups in total. The second kappa shape index (κ2) is 11.8. The summed E-state index contributed by atoms with van der Waals surface area (Å²) in [5.74, 6) is 1.50. The number of hydrogen-bond donors (Lipinski definition) is 1. The van der Waals surface area contributed by atoms with Crippen LogP contribution in [-0.2, 0) is 12.8 Å². The number of carbonyl (C=O) groups excluding carboxylic acids is 1. The molecule has 35 heavy (non-hydrogen) atoms. The van der Waals surface area contributed by atoms with Crippen molar-refractivity contribution in [3.8, 4) is 17.2 Å². The average molecular weight is 475 g/mol. The molecule has 0 aliphatic carbocycles. The summed E-state index contributed by atoms with van der Waals surface area (Å²) in [7, 11) is 3.38. The second-order valence-electron chi connectivity index (χ2n) is 8.99. The summed E-state index contributed by atoms with van der Waals surface area (Å²) in [6.45, 7) is 2.04. The first-order valence-corrected chi connectivity index (χ1v) is 12.3. The third kappa shape index (κ3) is 5.82. The molecule has 1 unspecified atom stereocenters. The van der Waals surface area contributed by atoms with E-state index in [0.717, 1.165) is 68.8 Å². The molecule has 0 saturated carbocycles. The third-order valence-electron chi connectivity index (χ3n) is 6.79. The molecule has 1 atom stereocenters. The van der Waals surface area contributed by atoms with Gasteiger partial charge in [-0.15, -0.1) is 0 Å². The monoisotopic (exact) mass is 474 g/mol. The maximum atomic E-state index is 11.0. The van der Waals surface area contributed by atoms with E-state index in [1.54, 1.807) is 26.4 Å². The van der Waals surface area contributed by atoms with Crippen molar-refractivity contribution < 1.29 is 19.4 Å². The van der Waals surface area contributed by atoms with Gasteiger partial charge in [-0.25, -0.2) is 4.98 Å². The highest BCUT2D eigenvalue weighted by molar-refractivity contribution is 5.75. The van der Waals surface area contributed by atoms with Crippen LogP contribution in [0.1, 0.15) is 64.6 Å². The molecule has 3 aromatic rings. The Bertz CT molecular complexity index is 1130. The van der Waals surface area contributed by atoms with E-state index in [4.69, 9.17) is 9.47 Å². The lowest BCUT2D eigenvalue weighted by molar-refractivity contribution is 0.111. The maximum Gasteiger partial charge on any atom is 0.172 e. The Hall–Kier alpha value is -3.38. The van der Waals surface area contributed by atoms with Crippen molar-refractivity contribution in [2.24, 2.45) is 0 Å². The van der Waals surface area contributed by atoms with E-state index in [2.05, 4.69) is 52.3 Å². The van der Waals surface area contributed by atoms with Gasteiger partial charge >= 0.3 is 0 Å². The second-order valence-corrected chi connectivity index (χ2v) is 8.99. The summed E-state index contributed by atoms with van der Waals surface area (Å²) in [5.41, 5.74) is 4.89. The molecule has 0 spiro atoms. The van der Waals surface area contributed by atoms with Crippen molar-refractivity contribution >= 4 is 6.29 Å². The lowest BCUT2D eigenvalue weighted by atomic mass is 9.87. The van der Waals surface area contributed by atoms with Crippen LogP contribution >= 0.6 is 0 Å². The van der Waals surface area contributed by atoms with E-state index >= 15 is 0 Å². The fraction of sp³-hybridized carbons (Fsp3) is 0.379. The third-order valence-corrected chi connectivity index (χ3v) is 6.79. The van der Waals surface area contributed by atoms with Gasteiger partial charge in [0, 0.05) is 12.2 Å². The highest BCUT2D eigenvalue weighted by Gasteiger charge is 2.30. The van der Waals surface area contributed by atoms with Gasteiger partial charge in [-0.05, 0) is 73.2 Å². The summed E-state index contributed by atoms with van der Waals surface area (Å²) in [4.78, 5) is 17.8. The molecule has 6 nitrogen and oxygen atoms in total. The van der Waals surface area contributed by atoms with Crippen molar-refractivity contribution in [3.63, 3.8) is 0 Å². The lowest BCUT2D eigenvalue weighted by Gasteiger charge is -2.38. The predicted molar refractivity (Wildman–Crippen MR) is 137 cm³/mol. The first-order valence-electron chi connectivity index (χ1n) is 12.3. The highest BCUT2D eigenvalue weighted by Crippen LogP contribution is 2.41. The molecule has 0 fully saturated rings. The molecule has 1 aromatic heterocycles. The van der Waals surface area contributed by atoms with Gasteiger partial charge in [0.2, 0.25) is 0 Å². The van der Waals surface area contributed by atoms with E-state index in [1.165, 1.54) is 16.7 Å². The number of nitrogens with zero attached hydrogens (tertiary/aromatic N) is 2. The van der Waals surface area contributed by atoms with Crippen molar-refractivity contribution in [1.29, 1.82) is 0 Å². The summed E-state index contributed by atoms with van der Waals surface area (Å²) in [5, 5.41) is 9.61. The highest BCUT2D eigenvalue weighted by atomic mass is 16.5. The number of methoxy groups -OCH3 is 2. The number of aromatic hydroxyl groups is 1. The quantitative estimate of drug-likeness (QED) is 0.298. The number of aldehydes is 1. The number of aryl methyl sites for hydroxylation is 1. The minimum atomic E-state index is -0.0594. The first kappa shape index (κ1) is 24.7. The molecule has 0 amide bonds. The molecule has 1 aliphatic rings. The van der Waals surface area contributed by atoms with Crippen LogP contribution in [-0.4, -0.2) is 48.6 Å². The molecule has 6 heteroatoms. The predicted octanol–water partition coefficient (Wildman–Crippen LogP) is 5.37. The Morgan fingerprint density at radius 2 is 1.74 bits per heavy atom. The van der Waals surface area contributed by atoms with E-state index in [-0.39, 0.29) is 17.5 Å². The molecule has 4 rings (SSSR count). The normalized spacial score (nSPS) is 15.4.